The molecule has 0 N–H and O–H groups in total. The summed E-state index contributed by atoms with van der Waals surface area (Å²) in [4.78, 5) is 29.9. The third-order valence-electron chi connectivity index (χ3n) is 4.65. The molecule has 27 heavy (non-hydrogen) atoms. The Labute approximate surface area is 155 Å². The summed E-state index contributed by atoms with van der Waals surface area (Å²) in [6, 6.07) is 9.28. The Bertz CT molecular complexity index is 1060. The molecule has 1 aromatic carbocycles. The van der Waals surface area contributed by atoms with Gasteiger partial charge in [0, 0.05) is 24.8 Å². The van der Waals surface area contributed by atoms with Crippen molar-refractivity contribution in [2.75, 3.05) is 6.54 Å². The lowest BCUT2D eigenvalue weighted by molar-refractivity contribution is -0.139. The van der Waals surface area contributed by atoms with Crippen LogP contribution in [-0.4, -0.2) is 43.1 Å². The van der Waals surface area contributed by atoms with Crippen LogP contribution < -0.4 is 9.96 Å². The Kier molecular flexibility index (Phi) is 4.10. The van der Waals surface area contributed by atoms with Crippen molar-refractivity contribution in [3.63, 3.8) is 0 Å². The summed E-state index contributed by atoms with van der Waals surface area (Å²) in [5.41, 5.74) is 0.496. The van der Waals surface area contributed by atoms with E-state index in [9.17, 15) is 9.59 Å². The average molecular weight is 365 g/mol. The maximum atomic E-state index is 12.1. The number of nitrogens with zero attached hydrogens (tertiary/aromatic N) is 5. The second kappa shape index (κ2) is 6.46. The van der Waals surface area contributed by atoms with Crippen LogP contribution in [-0.2, 0) is 9.59 Å². The summed E-state index contributed by atoms with van der Waals surface area (Å²) in [5.74, 6) is 0.751. The van der Waals surface area contributed by atoms with Crippen LogP contribution in [0.5, 0.6) is 11.6 Å². The van der Waals surface area contributed by atoms with E-state index in [0.29, 0.717) is 28.3 Å². The zero-order valence-electron chi connectivity index (χ0n) is 15.1. The standard InChI is InChI=1S/C19H19N5O3/c1-11-9-15(25)23(19(11)26)10-12(2)16-20-17-13(3)18(22-24(17)21-16)27-14-7-5-4-6-8-14/h4-8,11-12H,3,9-10H2,1-2H3. The molecule has 1 saturated heterocycles. The minimum Gasteiger partial charge on any atom is -0.437 e. The molecule has 3 heterocycles. The number of carbonyl (C=O) groups excluding carboxylic acids is 2. The number of amides is 2. The number of ether oxygens (including phenoxy) is 1. The van der Waals surface area contributed by atoms with Crippen LogP contribution in [0.15, 0.2) is 30.3 Å². The van der Waals surface area contributed by atoms with Gasteiger partial charge < -0.3 is 4.74 Å². The van der Waals surface area contributed by atoms with Gasteiger partial charge in [-0.2, -0.15) is 0 Å². The average Bonchev–Trinajstić information content (AvgIpc) is 3.26. The number of fused-ring (bicyclic) bond motifs is 1. The summed E-state index contributed by atoms with van der Waals surface area (Å²) < 4.78 is 7.11. The molecule has 138 valence electrons. The van der Waals surface area contributed by atoms with E-state index in [4.69, 9.17) is 4.74 Å². The van der Waals surface area contributed by atoms with Crippen LogP contribution >= 0.6 is 0 Å². The Morgan fingerprint density at radius 1 is 1.26 bits per heavy atom. The summed E-state index contributed by atoms with van der Waals surface area (Å²) in [7, 11) is 0. The molecule has 0 aliphatic carbocycles. The lowest BCUT2D eigenvalue weighted by Gasteiger charge is -2.17. The van der Waals surface area contributed by atoms with E-state index < -0.39 is 0 Å². The molecule has 0 bridgehead atoms. The molecule has 1 fully saturated rings. The monoisotopic (exact) mass is 365 g/mol. The summed E-state index contributed by atoms with van der Waals surface area (Å²) >= 11 is 0. The van der Waals surface area contributed by atoms with Crippen molar-refractivity contribution in [1.82, 2.24) is 24.7 Å². The molecular weight excluding hydrogens is 346 g/mol. The smallest absolute Gasteiger partial charge is 0.249 e. The number of carbonyl (C=O) groups is 2. The lowest BCUT2D eigenvalue weighted by Crippen LogP contribution is -2.34. The minimum absolute atomic E-state index is 0.139. The van der Waals surface area contributed by atoms with E-state index in [2.05, 4.69) is 21.8 Å². The first kappa shape index (κ1) is 17.1. The van der Waals surface area contributed by atoms with Crippen molar-refractivity contribution in [2.45, 2.75) is 26.2 Å². The van der Waals surface area contributed by atoms with Crippen LogP contribution in [0.2, 0.25) is 0 Å². The molecule has 0 spiro atoms. The molecule has 2 atom stereocenters. The second-order valence-corrected chi connectivity index (χ2v) is 6.83. The zero-order chi connectivity index (χ0) is 19.1. The number of benzene rings is 1. The highest BCUT2D eigenvalue weighted by Gasteiger charge is 2.36. The maximum Gasteiger partial charge on any atom is 0.249 e. The molecule has 4 rings (SSSR count). The largest absolute Gasteiger partial charge is 0.437 e. The first-order valence-electron chi connectivity index (χ1n) is 8.76. The van der Waals surface area contributed by atoms with E-state index in [0.717, 1.165) is 0 Å². The lowest BCUT2D eigenvalue weighted by atomic mass is 10.1. The fourth-order valence-electron chi connectivity index (χ4n) is 3.11. The normalized spacial score (nSPS) is 18.4. The van der Waals surface area contributed by atoms with Crippen LogP contribution in [0.25, 0.3) is 12.2 Å². The number of imide groups is 1. The third-order valence-corrected chi connectivity index (χ3v) is 4.65. The van der Waals surface area contributed by atoms with Crippen molar-refractivity contribution >= 4 is 24.0 Å². The highest BCUT2D eigenvalue weighted by Crippen LogP contribution is 2.23. The van der Waals surface area contributed by atoms with Gasteiger partial charge in [0.15, 0.2) is 11.5 Å². The minimum atomic E-state index is -0.258. The Hall–Kier alpha value is -3.29. The molecule has 8 nitrogen and oxygen atoms in total. The highest BCUT2D eigenvalue weighted by atomic mass is 16.5. The van der Waals surface area contributed by atoms with Crippen molar-refractivity contribution in [3.05, 3.63) is 41.4 Å². The quantitative estimate of drug-likeness (QED) is 0.637. The van der Waals surface area contributed by atoms with Gasteiger partial charge in [-0.05, 0) is 12.1 Å². The van der Waals surface area contributed by atoms with Crippen LogP contribution in [0.3, 0.4) is 0 Å². The van der Waals surface area contributed by atoms with Crippen molar-refractivity contribution < 1.29 is 14.3 Å². The Morgan fingerprint density at radius 2 is 2.00 bits per heavy atom. The van der Waals surface area contributed by atoms with Crippen LogP contribution in [0, 0.1) is 5.92 Å². The number of hydrogen-bond donors (Lipinski definition) is 0. The summed E-state index contributed by atoms with van der Waals surface area (Å²) in [6.07, 6.45) is 0.264. The molecule has 0 radical (unpaired) electrons. The summed E-state index contributed by atoms with van der Waals surface area (Å²) in [6.45, 7) is 7.89. The van der Waals surface area contributed by atoms with E-state index in [-0.39, 0.29) is 36.6 Å². The predicted molar refractivity (Wildman–Crippen MR) is 97.0 cm³/mol. The van der Waals surface area contributed by atoms with Gasteiger partial charge in [0.1, 0.15) is 5.75 Å². The molecule has 8 heteroatoms. The second-order valence-electron chi connectivity index (χ2n) is 6.83. The number of rotatable bonds is 5. The van der Waals surface area contributed by atoms with E-state index >= 15 is 0 Å². The topological polar surface area (TPSA) is 89.7 Å². The highest BCUT2D eigenvalue weighted by molar-refractivity contribution is 6.03. The predicted octanol–water partition coefficient (Wildman–Crippen LogP) is 1.54. The Morgan fingerprint density at radius 3 is 2.63 bits per heavy atom. The van der Waals surface area contributed by atoms with Gasteiger partial charge in [0.2, 0.25) is 17.7 Å². The number of aromatic nitrogens is 4. The number of hydrogen-bond acceptors (Lipinski definition) is 6. The van der Waals surface area contributed by atoms with Crippen LogP contribution in [0.1, 0.15) is 32.0 Å². The molecule has 1 aliphatic rings. The molecule has 2 aromatic heterocycles. The molecule has 2 unspecified atom stereocenters. The molecule has 3 aromatic rings. The van der Waals surface area contributed by atoms with E-state index in [1.54, 1.807) is 6.92 Å². The van der Waals surface area contributed by atoms with Gasteiger partial charge in [-0.15, -0.1) is 14.8 Å². The first-order chi connectivity index (χ1) is 12.9. The van der Waals surface area contributed by atoms with Crippen LogP contribution in [0.4, 0.5) is 0 Å². The van der Waals surface area contributed by atoms with E-state index in [1.165, 1.54) is 9.53 Å². The maximum absolute atomic E-state index is 12.1. The van der Waals surface area contributed by atoms with Gasteiger partial charge in [0.05, 0.1) is 5.22 Å². The fraction of sp³-hybridized carbons (Fsp3) is 0.316. The number of para-hydroxylation sites is 1. The van der Waals surface area contributed by atoms with Crippen molar-refractivity contribution in [3.8, 4) is 11.6 Å². The SMILES string of the molecule is C=c1c(Oc2ccccc2)nn2nc(C(C)CN3C(=O)CC(C)C3=O)nc12. The van der Waals surface area contributed by atoms with Gasteiger partial charge in [-0.1, -0.05) is 38.6 Å². The molecular formula is C19H19N5O3. The van der Waals surface area contributed by atoms with Gasteiger partial charge in [-0.3, -0.25) is 14.5 Å². The van der Waals surface area contributed by atoms with Crippen molar-refractivity contribution in [1.29, 1.82) is 0 Å². The first-order valence-corrected chi connectivity index (χ1v) is 8.76. The third kappa shape index (κ3) is 3.03. The zero-order valence-corrected chi connectivity index (χ0v) is 15.1. The van der Waals surface area contributed by atoms with Gasteiger partial charge >= 0.3 is 0 Å². The summed E-state index contributed by atoms with van der Waals surface area (Å²) in [5, 5.41) is 9.20. The number of likely N-dealkylation sites (tertiary alicyclic amines) is 1. The van der Waals surface area contributed by atoms with Gasteiger partial charge in [-0.25, -0.2) is 4.98 Å². The molecule has 0 saturated carbocycles. The van der Waals surface area contributed by atoms with E-state index in [1.807, 2.05) is 37.3 Å². The Balaban J connectivity index is 1.55. The van der Waals surface area contributed by atoms with Crippen molar-refractivity contribution in [2.24, 2.45) is 5.92 Å². The fourth-order valence-corrected chi connectivity index (χ4v) is 3.11. The molecule has 2 amide bonds. The molecule has 1 aliphatic heterocycles. The van der Waals surface area contributed by atoms with Gasteiger partial charge in [0.25, 0.3) is 0 Å².